The molecule has 0 saturated heterocycles. The minimum absolute atomic E-state index is 0.471. The molecule has 0 bridgehead atoms. The zero-order valence-electron chi connectivity index (χ0n) is 13.1. The normalized spacial score (nSPS) is 16.6. The predicted molar refractivity (Wildman–Crippen MR) is 79.3 cm³/mol. The maximum atomic E-state index is 11.1. The van der Waals surface area contributed by atoms with Crippen LogP contribution in [-0.2, 0) is 4.79 Å². The van der Waals surface area contributed by atoms with Gasteiger partial charge in [0.2, 0.25) is 0 Å². The molecule has 0 amide bonds. The molecule has 5 heteroatoms. The van der Waals surface area contributed by atoms with Gasteiger partial charge >= 0.3 is 5.97 Å². The summed E-state index contributed by atoms with van der Waals surface area (Å²) in [4.78, 5) is 15.7. The van der Waals surface area contributed by atoms with E-state index in [9.17, 15) is 4.79 Å². The monoisotopic (exact) mass is 273 g/mol. The van der Waals surface area contributed by atoms with E-state index >= 15 is 0 Å². The number of carbonyl (C=O) groups is 1. The van der Waals surface area contributed by atoms with Crippen molar-refractivity contribution < 1.29 is 9.90 Å². The van der Waals surface area contributed by atoms with Gasteiger partial charge in [0.05, 0.1) is 0 Å². The van der Waals surface area contributed by atoms with Crippen molar-refractivity contribution in [2.45, 2.75) is 51.6 Å². The topological polar surface area (TPSA) is 69.8 Å². The third-order valence-corrected chi connectivity index (χ3v) is 3.78. The summed E-state index contributed by atoms with van der Waals surface area (Å²) in [6, 6.07) is 0.471. The second-order valence-electron chi connectivity index (χ2n) is 5.66. The average molecular weight is 273 g/mol. The van der Waals surface area contributed by atoms with Crippen LogP contribution >= 0.6 is 0 Å². The van der Waals surface area contributed by atoms with Gasteiger partial charge in [-0.25, -0.2) is 0 Å². The van der Waals surface area contributed by atoms with E-state index in [4.69, 9.17) is 10.8 Å². The largest absolute Gasteiger partial charge is 0.480 e. The number of hydrogen-bond donors (Lipinski definition) is 2. The van der Waals surface area contributed by atoms with E-state index in [1.807, 2.05) is 6.92 Å². The first-order valence-electron chi connectivity index (χ1n) is 7.17. The van der Waals surface area contributed by atoms with Crippen molar-refractivity contribution >= 4 is 5.97 Å². The van der Waals surface area contributed by atoms with E-state index in [1.165, 1.54) is 0 Å². The molecule has 114 valence electrons. The molecule has 0 spiro atoms. The molecule has 0 aliphatic rings. The Balaban J connectivity index is 4.25. The van der Waals surface area contributed by atoms with E-state index < -0.39 is 11.5 Å². The number of carboxylic acid groups (broad SMARTS) is 1. The minimum atomic E-state index is -1.07. The van der Waals surface area contributed by atoms with Crippen LogP contribution in [0.4, 0.5) is 0 Å². The lowest BCUT2D eigenvalue weighted by molar-refractivity contribution is -0.143. The van der Waals surface area contributed by atoms with Gasteiger partial charge in [-0.15, -0.1) is 0 Å². The molecule has 3 N–H and O–H groups in total. The summed E-state index contributed by atoms with van der Waals surface area (Å²) in [5, 5.41) is 9.14. The van der Waals surface area contributed by atoms with E-state index in [0.29, 0.717) is 18.9 Å². The second kappa shape index (κ2) is 8.51. The summed E-state index contributed by atoms with van der Waals surface area (Å²) >= 11 is 0. The first-order chi connectivity index (χ1) is 8.76. The molecule has 0 aromatic rings. The smallest absolute Gasteiger partial charge is 0.323 e. The summed E-state index contributed by atoms with van der Waals surface area (Å²) < 4.78 is 0. The van der Waals surface area contributed by atoms with Crippen LogP contribution in [-0.4, -0.2) is 66.2 Å². The molecule has 0 fully saturated rings. The molecule has 0 heterocycles. The molecule has 0 aliphatic carbocycles. The quantitative estimate of drug-likeness (QED) is 0.626. The number of aliphatic carboxylic acids is 1. The zero-order valence-corrected chi connectivity index (χ0v) is 13.1. The van der Waals surface area contributed by atoms with Crippen molar-refractivity contribution in [1.29, 1.82) is 0 Å². The Bertz CT molecular complexity index is 271. The number of nitrogens with two attached hydrogens (primary N) is 1. The van der Waals surface area contributed by atoms with Gasteiger partial charge in [0.15, 0.2) is 0 Å². The highest BCUT2D eigenvalue weighted by Gasteiger charge is 2.31. The molecule has 2 atom stereocenters. The van der Waals surface area contributed by atoms with Crippen LogP contribution in [0.25, 0.3) is 0 Å². The number of likely N-dealkylation sites (N-methyl/N-ethyl adjacent to an activating group) is 2. The number of rotatable bonds is 10. The fourth-order valence-electron chi connectivity index (χ4n) is 2.37. The highest BCUT2D eigenvalue weighted by Crippen LogP contribution is 2.15. The van der Waals surface area contributed by atoms with Crippen molar-refractivity contribution in [3.8, 4) is 0 Å². The fraction of sp³-hybridized carbons (Fsp3) is 0.929. The highest BCUT2D eigenvalue weighted by molar-refractivity contribution is 5.78. The predicted octanol–water partition coefficient (Wildman–Crippen LogP) is 1.23. The van der Waals surface area contributed by atoms with Gasteiger partial charge in [0.1, 0.15) is 5.54 Å². The molecular formula is C14H31N3O2. The fourth-order valence-corrected chi connectivity index (χ4v) is 2.37. The van der Waals surface area contributed by atoms with E-state index in [2.05, 4.69) is 37.7 Å². The third kappa shape index (κ3) is 6.36. The number of hydrogen-bond acceptors (Lipinski definition) is 4. The first kappa shape index (κ1) is 18.4. The Hall–Kier alpha value is -0.650. The summed E-state index contributed by atoms with van der Waals surface area (Å²) in [6.07, 6.45) is 1.83. The molecule has 0 aromatic heterocycles. The first-order valence-corrected chi connectivity index (χ1v) is 7.17. The molecule has 0 saturated carbocycles. The van der Waals surface area contributed by atoms with E-state index in [0.717, 1.165) is 26.1 Å². The van der Waals surface area contributed by atoms with Crippen molar-refractivity contribution in [3.63, 3.8) is 0 Å². The van der Waals surface area contributed by atoms with E-state index in [1.54, 1.807) is 0 Å². The minimum Gasteiger partial charge on any atom is -0.480 e. The highest BCUT2D eigenvalue weighted by atomic mass is 16.4. The van der Waals surface area contributed by atoms with Gasteiger partial charge in [-0.2, -0.15) is 0 Å². The lowest BCUT2D eigenvalue weighted by Crippen LogP contribution is -2.48. The molecule has 2 unspecified atom stereocenters. The van der Waals surface area contributed by atoms with Crippen LogP contribution < -0.4 is 5.73 Å². The van der Waals surface area contributed by atoms with Gasteiger partial charge in [-0.05, 0) is 53.4 Å². The second-order valence-corrected chi connectivity index (χ2v) is 5.66. The van der Waals surface area contributed by atoms with Gasteiger partial charge < -0.3 is 15.7 Å². The van der Waals surface area contributed by atoms with Crippen molar-refractivity contribution in [2.24, 2.45) is 5.73 Å². The Labute approximate surface area is 117 Å². The number of carboxylic acids is 1. The third-order valence-electron chi connectivity index (χ3n) is 3.78. The molecule has 0 radical (unpaired) electrons. The summed E-state index contributed by atoms with van der Waals surface area (Å²) in [7, 11) is 4.13. The van der Waals surface area contributed by atoms with Crippen LogP contribution in [0, 0.1) is 0 Å². The van der Waals surface area contributed by atoms with Crippen molar-refractivity contribution in [3.05, 3.63) is 0 Å². The van der Waals surface area contributed by atoms with Crippen molar-refractivity contribution in [1.82, 2.24) is 9.80 Å². The SMILES string of the molecule is CCN(CCCC(N)(CC)C(=O)O)C(C)CN(C)C. The van der Waals surface area contributed by atoms with Crippen LogP contribution in [0.15, 0.2) is 0 Å². The number of nitrogens with zero attached hydrogens (tertiary/aromatic N) is 2. The zero-order chi connectivity index (χ0) is 15.1. The van der Waals surface area contributed by atoms with E-state index in [-0.39, 0.29) is 0 Å². The van der Waals surface area contributed by atoms with Crippen molar-refractivity contribution in [2.75, 3.05) is 33.7 Å². The molecule has 0 aliphatic heterocycles. The molecular weight excluding hydrogens is 242 g/mol. The molecule has 0 aromatic carbocycles. The lowest BCUT2D eigenvalue weighted by atomic mass is 9.91. The van der Waals surface area contributed by atoms with Gasteiger partial charge in [-0.3, -0.25) is 9.69 Å². The maximum absolute atomic E-state index is 11.1. The van der Waals surface area contributed by atoms with Gasteiger partial charge in [-0.1, -0.05) is 13.8 Å². The Morgan fingerprint density at radius 3 is 2.32 bits per heavy atom. The van der Waals surface area contributed by atoms with Gasteiger partial charge in [0, 0.05) is 12.6 Å². The van der Waals surface area contributed by atoms with Crippen LogP contribution in [0.5, 0.6) is 0 Å². The molecule has 19 heavy (non-hydrogen) atoms. The Morgan fingerprint density at radius 1 is 1.37 bits per heavy atom. The maximum Gasteiger partial charge on any atom is 0.323 e. The lowest BCUT2D eigenvalue weighted by Gasteiger charge is -2.31. The Morgan fingerprint density at radius 2 is 1.95 bits per heavy atom. The summed E-state index contributed by atoms with van der Waals surface area (Å²) in [6.45, 7) is 9.06. The molecule has 5 nitrogen and oxygen atoms in total. The van der Waals surface area contributed by atoms with Crippen LogP contribution in [0.2, 0.25) is 0 Å². The summed E-state index contributed by atoms with van der Waals surface area (Å²) in [5.74, 6) is -0.889. The summed E-state index contributed by atoms with van der Waals surface area (Å²) in [5.41, 5.74) is 4.83. The van der Waals surface area contributed by atoms with Crippen LogP contribution in [0.1, 0.15) is 40.0 Å². The van der Waals surface area contributed by atoms with Crippen LogP contribution in [0.3, 0.4) is 0 Å². The molecule has 0 rings (SSSR count). The standard InChI is InChI=1S/C14H31N3O2/c1-6-14(15,13(18)19)9-8-10-17(7-2)12(3)11-16(4)5/h12H,6-11,15H2,1-5H3,(H,18,19). The Kier molecular flexibility index (Phi) is 8.22. The average Bonchev–Trinajstić information content (AvgIpc) is 2.32. The van der Waals surface area contributed by atoms with Gasteiger partial charge in [0.25, 0.3) is 0 Å².